The summed E-state index contributed by atoms with van der Waals surface area (Å²) in [6.45, 7) is 5.26. The van der Waals surface area contributed by atoms with Crippen molar-refractivity contribution in [2.75, 3.05) is 19.7 Å². The van der Waals surface area contributed by atoms with Crippen molar-refractivity contribution in [2.24, 2.45) is 28.6 Å². The van der Waals surface area contributed by atoms with Crippen LogP contribution in [-0.2, 0) is 24.0 Å². The third-order valence-corrected chi connectivity index (χ3v) is 13.6. The number of ketones is 1. The fraction of sp³-hybridized carbons (Fsp3) is 0.575. The number of alkyl halides is 1. The Morgan fingerprint density at radius 2 is 1.75 bits per heavy atom. The molecule has 0 radical (unpaired) electrons. The van der Waals surface area contributed by atoms with Gasteiger partial charge in [-0.2, -0.15) is 0 Å². The number of hydrogen-bond acceptors (Lipinski definition) is 10. The van der Waals surface area contributed by atoms with Gasteiger partial charge in [-0.05, 0) is 88.0 Å². The van der Waals surface area contributed by atoms with E-state index in [0.717, 1.165) is 4.90 Å². The monoisotopic (exact) mass is 762 g/mol. The van der Waals surface area contributed by atoms with Gasteiger partial charge in [-0.1, -0.05) is 31.6 Å². The van der Waals surface area contributed by atoms with Gasteiger partial charge in [-0.3, -0.25) is 43.8 Å². The molecular formula is C40H47FN4O10. The Kier molecular flexibility index (Phi) is 9.64. The van der Waals surface area contributed by atoms with E-state index in [-0.39, 0.29) is 60.9 Å². The number of carbonyl (C=O) groups excluding carboxylic acids is 7. The molecule has 55 heavy (non-hydrogen) atoms. The van der Waals surface area contributed by atoms with Crippen LogP contribution in [0.4, 0.5) is 4.39 Å². The average molecular weight is 763 g/mol. The quantitative estimate of drug-likeness (QED) is 0.173. The second kappa shape index (κ2) is 13.8. The van der Waals surface area contributed by atoms with Crippen LogP contribution in [0.2, 0.25) is 0 Å². The third kappa shape index (κ3) is 5.75. The summed E-state index contributed by atoms with van der Waals surface area (Å²) in [6.07, 6.45) is 5.02. The molecule has 14 nitrogen and oxygen atoms in total. The summed E-state index contributed by atoms with van der Waals surface area (Å²) in [5.41, 5.74) is -5.56. The highest BCUT2D eigenvalue weighted by molar-refractivity contribution is 6.24. The topological polar surface area (TPSA) is 209 Å². The Labute approximate surface area is 317 Å². The molecule has 1 aromatic rings. The number of hydrogen-bond donors (Lipinski definition) is 5. The zero-order valence-electron chi connectivity index (χ0n) is 31.1. The largest absolute Gasteiger partial charge is 0.483 e. The number of piperidine rings is 1. The van der Waals surface area contributed by atoms with Crippen molar-refractivity contribution in [3.8, 4) is 5.75 Å². The second-order valence-corrected chi connectivity index (χ2v) is 16.4. The maximum atomic E-state index is 17.4. The first kappa shape index (κ1) is 38.5. The maximum Gasteiger partial charge on any atom is 0.266 e. The molecule has 7 rings (SSSR count). The number of aliphatic hydroxyl groups excluding tert-OH is 1. The number of fused-ring (bicyclic) bond motifs is 6. The maximum absolute atomic E-state index is 17.4. The van der Waals surface area contributed by atoms with Crippen molar-refractivity contribution in [1.82, 2.24) is 20.9 Å². The number of allylic oxidation sites excluding steroid dienone is 4. The van der Waals surface area contributed by atoms with E-state index in [1.165, 1.54) is 30.4 Å². The summed E-state index contributed by atoms with van der Waals surface area (Å²) >= 11 is 0. The van der Waals surface area contributed by atoms with E-state index in [9.17, 15) is 43.8 Å². The molecule has 0 bridgehead atoms. The van der Waals surface area contributed by atoms with Crippen LogP contribution in [0.1, 0.15) is 92.9 Å². The van der Waals surface area contributed by atoms with Crippen molar-refractivity contribution in [1.29, 1.82) is 0 Å². The zero-order chi connectivity index (χ0) is 39.7. The first-order valence-electron chi connectivity index (χ1n) is 19.0. The lowest BCUT2D eigenvalue weighted by atomic mass is 9.44. The Morgan fingerprint density at radius 3 is 2.47 bits per heavy atom. The van der Waals surface area contributed by atoms with Crippen molar-refractivity contribution in [3.63, 3.8) is 0 Å². The number of amides is 6. The first-order valence-corrected chi connectivity index (χ1v) is 19.0. The average Bonchev–Trinajstić information content (AvgIpc) is 3.51. The van der Waals surface area contributed by atoms with Gasteiger partial charge in [-0.15, -0.1) is 0 Å². The van der Waals surface area contributed by atoms with Gasteiger partial charge >= 0.3 is 0 Å². The fourth-order valence-electron chi connectivity index (χ4n) is 10.6. The Bertz CT molecular complexity index is 1950. The number of benzene rings is 1. The van der Waals surface area contributed by atoms with E-state index >= 15 is 4.39 Å². The number of ether oxygens (including phenoxy) is 1. The highest BCUT2D eigenvalue weighted by Crippen LogP contribution is 2.70. The van der Waals surface area contributed by atoms with Gasteiger partial charge in [0.1, 0.15) is 11.8 Å². The molecule has 4 aliphatic carbocycles. The minimum Gasteiger partial charge on any atom is -0.483 e. The van der Waals surface area contributed by atoms with Gasteiger partial charge in [0, 0.05) is 36.3 Å². The summed E-state index contributed by atoms with van der Waals surface area (Å²) < 4.78 is 23.0. The molecule has 0 spiro atoms. The van der Waals surface area contributed by atoms with E-state index < -0.39 is 88.1 Å². The number of halogens is 1. The highest BCUT2D eigenvalue weighted by Gasteiger charge is 2.75. The number of carbonyl (C=O) groups is 7. The number of nitrogens with zero attached hydrogens (tertiary/aromatic N) is 1. The van der Waals surface area contributed by atoms with Crippen molar-refractivity contribution < 1.29 is 52.9 Å². The molecule has 294 valence electrons. The van der Waals surface area contributed by atoms with Gasteiger partial charge in [0.25, 0.3) is 23.6 Å². The number of rotatable bonds is 10. The van der Waals surface area contributed by atoms with Crippen LogP contribution in [0.15, 0.2) is 42.0 Å². The molecule has 2 heterocycles. The molecule has 9 atom stereocenters. The Hall–Kier alpha value is -4.76. The number of unbranched alkanes of at least 4 members (excludes halogenated alkanes) is 1. The predicted octanol–water partition coefficient (Wildman–Crippen LogP) is 1.83. The van der Waals surface area contributed by atoms with E-state index in [1.807, 2.05) is 0 Å². The molecule has 3 saturated carbocycles. The van der Waals surface area contributed by atoms with E-state index in [1.54, 1.807) is 26.8 Å². The molecule has 1 aromatic carbocycles. The second-order valence-electron chi connectivity index (χ2n) is 16.4. The van der Waals surface area contributed by atoms with Crippen LogP contribution in [-0.4, -0.2) is 99.5 Å². The van der Waals surface area contributed by atoms with Crippen LogP contribution < -0.4 is 20.7 Å². The fourth-order valence-corrected chi connectivity index (χ4v) is 10.6. The number of imide groups is 2. The molecule has 2 aliphatic heterocycles. The highest BCUT2D eigenvalue weighted by atomic mass is 19.1. The Balaban J connectivity index is 0.896. The van der Waals surface area contributed by atoms with Crippen molar-refractivity contribution in [3.05, 3.63) is 53.1 Å². The van der Waals surface area contributed by atoms with Gasteiger partial charge < -0.3 is 25.6 Å². The van der Waals surface area contributed by atoms with E-state index in [0.29, 0.717) is 37.7 Å². The van der Waals surface area contributed by atoms with Gasteiger partial charge in [0.2, 0.25) is 11.8 Å². The van der Waals surface area contributed by atoms with E-state index in [4.69, 9.17) is 4.74 Å². The van der Waals surface area contributed by atoms with Gasteiger partial charge in [0.15, 0.2) is 23.7 Å². The molecule has 6 aliphatic rings. The lowest BCUT2D eigenvalue weighted by molar-refractivity contribution is -0.219. The lowest BCUT2D eigenvalue weighted by Crippen LogP contribution is -2.70. The minimum absolute atomic E-state index is 0.00258. The molecule has 6 amide bonds. The molecule has 15 heteroatoms. The summed E-state index contributed by atoms with van der Waals surface area (Å²) in [7, 11) is 0. The van der Waals surface area contributed by atoms with Crippen LogP contribution in [0.25, 0.3) is 0 Å². The van der Waals surface area contributed by atoms with Crippen LogP contribution in [0.5, 0.6) is 5.75 Å². The van der Waals surface area contributed by atoms with Crippen LogP contribution in [0.3, 0.4) is 0 Å². The van der Waals surface area contributed by atoms with Gasteiger partial charge in [-0.25, -0.2) is 4.39 Å². The SMILES string of the molecule is C[C@@H]1C[C@H]2[C@@H]3CCC4=CC(=O)C=C[C@]4(C)[C@@]3(F)[C@@H](O)C[C@]2(C)[C@@]1(O)C(=O)NCCCCNC(=O)COc1cccc2c1C(=O)N(C1CCC(=O)NC1=O)C2=O. The first-order chi connectivity index (χ1) is 26.0. The summed E-state index contributed by atoms with van der Waals surface area (Å²) in [5.74, 6) is -5.45. The van der Waals surface area contributed by atoms with Crippen molar-refractivity contribution in [2.45, 2.75) is 95.6 Å². The molecule has 0 aromatic heterocycles. The molecule has 5 N–H and O–H groups in total. The summed E-state index contributed by atoms with van der Waals surface area (Å²) in [6, 6.07) is 3.23. The molecular weight excluding hydrogens is 715 g/mol. The van der Waals surface area contributed by atoms with Crippen molar-refractivity contribution >= 4 is 41.2 Å². The smallest absolute Gasteiger partial charge is 0.266 e. The third-order valence-electron chi connectivity index (χ3n) is 13.6. The minimum atomic E-state index is -2.06. The zero-order valence-corrected chi connectivity index (χ0v) is 31.1. The standard InChI is InChI=1S/C40H47FN4O10/c1-21-17-26-25-10-9-22-18-23(46)13-14-37(22,2)39(25,41)29(47)19-38(26,3)40(21,54)36(53)43-16-5-4-15-42-31(49)20-55-28-8-6-7-24-32(28)35(52)45(34(24)51)27-11-12-30(48)44-33(27)50/h6-8,13-14,18,21,25-27,29,47,54H,4-5,9-12,15-17,19-20H2,1-3H3,(H,42,49)(H,43,53)(H,44,48,50)/t21-,25+,26+,27?,29+,37+,38+,39+,40+/m1/s1. The normalized spacial score (nSPS) is 36.3. The van der Waals surface area contributed by atoms with Crippen LogP contribution in [0, 0.1) is 28.6 Å². The predicted molar refractivity (Wildman–Crippen MR) is 192 cm³/mol. The van der Waals surface area contributed by atoms with Gasteiger partial charge in [0.05, 0.1) is 17.2 Å². The molecule has 1 saturated heterocycles. The number of aliphatic hydroxyl groups is 2. The lowest BCUT2D eigenvalue weighted by Gasteiger charge is -2.62. The summed E-state index contributed by atoms with van der Waals surface area (Å²) in [4.78, 5) is 89.6. The number of nitrogens with one attached hydrogen (secondary N) is 3. The Morgan fingerprint density at radius 1 is 1.02 bits per heavy atom. The molecule has 1 unspecified atom stereocenters. The molecule has 4 fully saturated rings. The summed E-state index contributed by atoms with van der Waals surface area (Å²) in [5, 5.41) is 31.4. The van der Waals surface area contributed by atoms with Crippen LogP contribution >= 0.6 is 0 Å². The van der Waals surface area contributed by atoms with E-state index in [2.05, 4.69) is 16.0 Å².